The van der Waals surface area contributed by atoms with Gasteiger partial charge in [0.2, 0.25) is 0 Å². The summed E-state index contributed by atoms with van der Waals surface area (Å²) in [6.07, 6.45) is 2.23. The quantitative estimate of drug-likeness (QED) is 0.373. The maximum atomic E-state index is 12.0. The summed E-state index contributed by atoms with van der Waals surface area (Å²) < 4.78 is 21.5. The van der Waals surface area contributed by atoms with Crippen LogP contribution in [0.2, 0.25) is 0 Å². The lowest BCUT2D eigenvalue weighted by Gasteiger charge is -2.33. The number of likely N-dealkylation sites (tertiary alicyclic amines) is 1. The van der Waals surface area contributed by atoms with Crippen LogP contribution in [0.5, 0.6) is 17.2 Å². The van der Waals surface area contributed by atoms with Crippen molar-refractivity contribution >= 4 is 11.9 Å². The molecule has 0 aliphatic carbocycles. The summed E-state index contributed by atoms with van der Waals surface area (Å²) in [4.78, 5) is 19.0. The number of carbonyl (C=O) groups excluding carboxylic acids is 1. The van der Waals surface area contributed by atoms with Crippen LogP contribution in [0.15, 0.2) is 17.1 Å². The molecule has 1 heterocycles. The fraction of sp³-hybridized carbons (Fsp3) is 0.636. The fourth-order valence-corrected chi connectivity index (χ4v) is 3.61. The molecule has 0 amide bonds. The van der Waals surface area contributed by atoms with E-state index in [0.717, 1.165) is 55.5 Å². The predicted octanol–water partition coefficient (Wildman–Crippen LogP) is 2.50. The third kappa shape index (κ3) is 6.18. The molecule has 0 unspecified atom stereocenters. The summed E-state index contributed by atoms with van der Waals surface area (Å²) in [7, 11) is 4.89. The number of aliphatic imine (C=N–C) groups is 1. The van der Waals surface area contributed by atoms with Crippen molar-refractivity contribution in [2.24, 2.45) is 10.9 Å². The Kier molecular flexibility index (Phi) is 9.57. The molecule has 168 valence electrons. The van der Waals surface area contributed by atoms with E-state index in [1.807, 2.05) is 19.1 Å². The monoisotopic (exact) mass is 421 g/mol. The van der Waals surface area contributed by atoms with Crippen molar-refractivity contribution in [3.63, 3.8) is 0 Å². The number of rotatable bonds is 9. The number of methoxy groups -OCH3 is 3. The van der Waals surface area contributed by atoms with Gasteiger partial charge in [-0.05, 0) is 33.1 Å². The molecule has 1 fully saturated rings. The van der Waals surface area contributed by atoms with Crippen molar-refractivity contribution in [1.82, 2.24) is 10.2 Å². The summed E-state index contributed by atoms with van der Waals surface area (Å²) in [6, 6.07) is 3.71. The van der Waals surface area contributed by atoms with E-state index >= 15 is 0 Å². The standard InChI is InChI=1S/C22H35N3O5/c1-6-23-22(25-12-9-16(10-13-25)21(26)30-7-2)24-11-8-18-19(28-4)14-17(27-3)15-20(18)29-5/h14-16H,6-13H2,1-5H3,(H,23,24). The molecular formula is C22H35N3O5. The molecule has 1 aliphatic rings. The molecule has 2 rings (SSSR count). The Morgan fingerprint density at radius 2 is 1.73 bits per heavy atom. The van der Waals surface area contributed by atoms with Crippen molar-refractivity contribution in [2.75, 3.05) is 54.1 Å². The SMILES string of the molecule is CCNC(=NCCc1c(OC)cc(OC)cc1OC)N1CCC(C(=O)OCC)CC1. The second-order valence-electron chi connectivity index (χ2n) is 7.01. The van der Waals surface area contributed by atoms with Crippen LogP contribution in [0, 0.1) is 5.92 Å². The molecule has 1 aliphatic heterocycles. The maximum Gasteiger partial charge on any atom is 0.309 e. The van der Waals surface area contributed by atoms with Crippen molar-refractivity contribution in [3.05, 3.63) is 17.7 Å². The smallest absolute Gasteiger partial charge is 0.309 e. The molecular weight excluding hydrogens is 386 g/mol. The van der Waals surface area contributed by atoms with Gasteiger partial charge in [0.25, 0.3) is 0 Å². The first-order valence-corrected chi connectivity index (χ1v) is 10.6. The minimum Gasteiger partial charge on any atom is -0.496 e. The summed E-state index contributed by atoms with van der Waals surface area (Å²) in [5.41, 5.74) is 0.960. The Labute approximate surface area is 179 Å². The molecule has 8 heteroatoms. The van der Waals surface area contributed by atoms with Gasteiger partial charge in [-0.3, -0.25) is 9.79 Å². The van der Waals surface area contributed by atoms with Crippen molar-refractivity contribution in [2.45, 2.75) is 33.1 Å². The Hall–Kier alpha value is -2.64. The number of benzene rings is 1. The van der Waals surface area contributed by atoms with Crippen LogP contribution < -0.4 is 19.5 Å². The molecule has 0 saturated carbocycles. The predicted molar refractivity (Wildman–Crippen MR) is 117 cm³/mol. The first-order valence-electron chi connectivity index (χ1n) is 10.6. The molecule has 1 aromatic carbocycles. The number of guanidine groups is 1. The second-order valence-corrected chi connectivity index (χ2v) is 7.01. The number of hydrogen-bond donors (Lipinski definition) is 1. The molecule has 0 radical (unpaired) electrons. The van der Waals surface area contributed by atoms with Gasteiger partial charge in [0, 0.05) is 43.9 Å². The lowest BCUT2D eigenvalue weighted by Crippen LogP contribution is -2.46. The first kappa shape index (κ1) is 23.6. The van der Waals surface area contributed by atoms with Gasteiger partial charge in [-0.1, -0.05) is 0 Å². The average Bonchev–Trinajstić information content (AvgIpc) is 2.78. The van der Waals surface area contributed by atoms with Gasteiger partial charge >= 0.3 is 5.97 Å². The maximum absolute atomic E-state index is 12.0. The van der Waals surface area contributed by atoms with Crippen molar-refractivity contribution < 1.29 is 23.7 Å². The fourth-order valence-electron chi connectivity index (χ4n) is 3.61. The summed E-state index contributed by atoms with van der Waals surface area (Å²) in [6.45, 7) is 7.26. The highest BCUT2D eigenvalue weighted by Gasteiger charge is 2.27. The zero-order valence-corrected chi connectivity index (χ0v) is 18.8. The summed E-state index contributed by atoms with van der Waals surface area (Å²) >= 11 is 0. The molecule has 1 aromatic rings. The van der Waals surface area contributed by atoms with Crippen molar-refractivity contribution in [3.8, 4) is 17.2 Å². The van der Waals surface area contributed by atoms with Gasteiger partial charge in [-0.2, -0.15) is 0 Å². The Balaban J connectivity index is 2.05. The largest absolute Gasteiger partial charge is 0.496 e. The zero-order valence-electron chi connectivity index (χ0n) is 18.8. The molecule has 0 spiro atoms. The molecule has 1 N–H and O–H groups in total. The zero-order chi connectivity index (χ0) is 21.9. The Morgan fingerprint density at radius 1 is 1.10 bits per heavy atom. The Bertz CT molecular complexity index is 690. The molecule has 0 bridgehead atoms. The van der Waals surface area contributed by atoms with Gasteiger partial charge in [0.05, 0.1) is 33.9 Å². The van der Waals surface area contributed by atoms with Crippen LogP contribution >= 0.6 is 0 Å². The number of nitrogens with zero attached hydrogens (tertiary/aromatic N) is 2. The van der Waals surface area contributed by atoms with Gasteiger partial charge < -0.3 is 29.2 Å². The number of piperidine rings is 1. The number of esters is 1. The molecule has 30 heavy (non-hydrogen) atoms. The van der Waals surface area contributed by atoms with Crippen LogP contribution in [0.3, 0.4) is 0 Å². The van der Waals surface area contributed by atoms with Gasteiger partial charge in [-0.25, -0.2) is 0 Å². The van der Waals surface area contributed by atoms with E-state index in [9.17, 15) is 4.79 Å². The number of nitrogens with one attached hydrogen (secondary N) is 1. The molecule has 0 atom stereocenters. The van der Waals surface area contributed by atoms with Crippen LogP contribution in [0.1, 0.15) is 32.3 Å². The van der Waals surface area contributed by atoms with Crippen LogP contribution in [-0.2, 0) is 16.0 Å². The highest BCUT2D eigenvalue weighted by molar-refractivity contribution is 5.80. The van der Waals surface area contributed by atoms with Crippen molar-refractivity contribution in [1.29, 1.82) is 0 Å². The van der Waals surface area contributed by atoms with Gasteiger partial charge in [0.1, 0.15) is 17.2 Å². The lowest BCUT2D eigenvalue weighted by molar-refractivity contribution is -0.149. The second kappa shape index (κ2) is 12.1. The van der Waals surface area contributed by atoms with Crippen LogP contribution in [0.25, 0.3) is 0 Å². The van der Waals surface area contributed by atoms with E-state index in [1.54, 1.807) is 21.3 Å². The lowest BCUT2D eigenvalue weighted by atomic mass is 9.97. The van der Waals surface area contributed by atoms with Crippen LogP contribution in [-0.4, -0.2) is 70.9 Å². The van der Waals surface area contributed by atoms with Crippen LogP contribution in [0.4, 0.5) is 0 Å². The van der Waals surface area contributed by atoms with E-state index in [1.165, 1.54) is 0 Å². The summed E-state index contributed by atoms with van der Waals surface area (Å²) in [5.74, 6) is 2.90. The average molecular weight is 422 g/mol. The molecule has 8 nitrogen and oxygen atoms in total. The first-order chi connectivity index (χ1) is 14.6. The normalized spacial score (nSPS) is 15.0. The summed E-state index contributed by atoms with van der Waals surface area (Å²) in [5, 5.41) is 3.36. The minimum atomic E-state index is -0.0854. The molecule has 0 aromatic heterocycles. The van der Waals surface area contributed by atoms with E-state index in [2.05, 4.69) is 17.1 Å². The highest BCUT2D eigenvalue weighted by Crippen LogP contribution is 2.34. The third-order valence-corrected chi connectivity index (χ3v) is 5.19. The highest BCUT2D eigenvalue weighted by atomic mass is 16.5. The number of hydrogen-bond acceptors (Lipinski definition) is 6. The molecule has 1 saturated heterocycles. The van der Waals surface area contributed by atoms with E-state index in [-0.39, 0.29) is 11.9 Å². The third-order valence-electron chi connectivity index (χ3n) is 5.19. The van der Waals surface area contributed by atoms with E-state index < -0.39 is 0 Å². The van der Waals surface area contributed by atoms with Gasteiger partial charge in [0.15, 0.2) is 5.96 Å². The topological polar surface area (TPSA) is 81.6 Å². The van der Waals surface area contributed by atoms with E-state index in [0.29, 0.717) is 25.3 Å². The Morgan fingerprint density at radius 3 is 2.23 bits per heavy atom. The van der Waals surface area contributed by atoms with E-state index in [4.69, 9.17) is 23.9 Å². The van der Waals surface area contributed by atoms with Gasteiger partial charge in [-0.15, -0.1) is 0 Å². The minimum absolute atomic E-state index is 0.0168. The number of ether oxygens (including phenoxy) is 4. The number of carbonyl (C=O) groups is 1.